The number of hydrogen-bond acceptors (Lipinski definition) is 4. The maximum Gasteiger partial charge on any atom is 0.230 e. The number of nitrogens with zero attached hydrogens (tertiary/aromatic N) is 1. The van der Waals surface area contributed by atoms with Gasteiger partial charge in [0.05, 0.1) is 26.7 Å². The molecule has 1 amide bonds. The molecule has 2 heterocycles. The first-order valence-electron chi connectivity index (χ1n) is 6.32. The highest BCUT2D eigenvalue weighted by molar-refractivity contribution is 7.10. The van der Waals surface area contributed by atoms with Crippen LogP contribution in [0.3, 0.4) is 0 Å². The number of hydrogen-bond donors (Lipinski definition) is 0. The normalized spacial score (nSPS) is 17.8. The first-order chi connectivity index (χ1) is 9.74. The molecule has 1 aliphatic rings. The summed E-state index contributed by atoms with van der Waals surface area (Å²) in [6.45, 7) is 0. The number of carbonyl (C=O) groups excluding carboxylic acids is 1. The van der Waals surface area contributed by atoms with Gasteiger partial charge < -0.3 is 14.4 Å². The van der Waals surface area contributed by atoms with Gasteiger partial charge >= 0.3 is 0 Å². The summed E-state index contributed by atoms with van der Waals surface area (Å²) in [5, 5.41) is 2.03. The monoisotopic (exact) mass is 289 g/mol. The van der Waals surface area contributed by atoms with Crippen molar-refractivity contribution < 1.29 is 14.3 Å². The lowest BCUT2D eigenvalue weighted by atomic mass is 9.99. The minimum atomic E-state index is 0.135. The van der Waals surface area contributed by atoms with Crippen LogP contribution >= 0.6 is 11.3 Å². The van der Waals surface area contributed by atoms with E-state index in [4.69, 9.17) is 9.47 Å². The van der Waals surface area contributed by atoms with Crippen LogP contribution in [0.1, 0.15) is 17.3 Å². The van der Waals surface area contributed by atoms with Crippen molar-refractivity contribution in [2.45, 2.75) is 12.5 Å². The molecule has 1 atom stereocenters. The molecule has 1 fully saturated rings. The van der Waals surface area contributed by atoms with E-state index in [2.05, 4.69) is 6.07 Å². The predicted molar refractivity (Wildman–Crippen MR) is 78.7 cm³/mol. The van der Waals surface area contributed by atoms with Gasteiger partial charge in [0.2, 0.25) is 5.91 Å². The molecule has 3 rings (SSSR count). The standard InChI is InChI=1S/C15H15NO3S/c1-18-12-6-5-10(8-13(12)19-2)16-11(9-15(16)17)14-4-3-7-20-14/h3-8,11H,9H2,1-2H3. The van der Waals surface area contributed by atoms with Gasteiger partial charge in [-0.2, -0.15) is 0 Å². The van der Waals surface area contributed by atoms with Crippen LogP contribution in [0.4, 0.5) is 5.69 Å². The van der Waals surface area contributed by atoms with Crippen molar-refractivity contribution in [2.24, 2.45) is 0 Å². The van der Waals surface area contributed by atoms with Crippen molar-refractivity contribution in [1.29, 1.82) is 0 Å². The van der Waals surface area contributed by atoms with E-state index in [9.17, 15) is 4.79 Å². The molecule has 0 bridgehead atoms. The van der Waals surface area contributed by atoms with Crippen molar-refractivity contribution in [3.05, 3.63) is 40.6 Å². The molecule has 1 aliphatic heterocycles. The largest absolute Gasteiger partial charge is 0.493 e. The third kappa shape index (κ3) is 2.04. The van der Waals surface area contributed by atoms with Gasteiger partial charge in [0.25, 0.3) is 0 Å². The van der Waals surface area contributed by atoms with Crippen molar-refractivity contribution >= 4 is 22.9 Å². The summed E-state index contributed by atoms with van der Waals surface area (Å²) in [5.74, 6) is 1.43. The fourth-order valence-electron chi connectivity index (χ4n) is 2.42. The summed E-state index contributed by atoms with van der Waals surface area (Å²) < 4.78 is 10.5. The molecular weight excluding hydrogens is 274 g/mol. The molecule has 1 aromatic heterocycles. The van der Waals surface area contributed by atoms with Gasteiger partial charge in [-0.1, -0.05) is 6.07 Å². The lowest BCUT2D eigenvalue weighted by Crippen LogP contribution is -2.46. The van der Waals surface area contributed by atoms with Crippen LogP contribution in [0.15, 0.2) is 35.7 Å². The molecule has 1 unspecified atom stereocenters. The number of anilines is 1. The average Bonchev–Trinajstić information content (AvgIpc) is 2.98. The SMILES string of the molecule is COc1ccc(N2C(=O)CC2c2cccs2)cc1OC. The Hall–Kier alpha value is -2.01. The van der Waals surface area contributed by atoms with Crippen LogP contribution in [0, 0.1) is 0 Å². The number of carbonyl (C=O) groups is 1. The minimum Gasteiger partial charge on any atom is -0.493 e. The highest BCUT2D eigenvalue weighted by atomic mass is 32.1. The van der Waals surface area contributed by atoms with Gasteiger partial charge in [-0.15, -0.1) is 11.3 Å². The Balaban J connectivity index is 1.93. The second-order valence-corrected chi connectivity index (χ2v) is 5.52. The lowest BCUT2D eigenvalue weighted by Gasteiger charge is -2.40. The molecule has 0 aliphatic carbocycles. The lowest BCUT2D eigenvalue weighted by molar-refractivity contribution is -0.124. The van der Waals surface area contributed by atoms with E-state index in [1.165, 1.54) is 4.88 Å². The van der Waals surface area contributed by atoms with Crippen LogP contribution in [-0.4, -0.2) is 20.1 Å². The molecule has 1 aromatic carbocycles. The maximum absolute atomic E-state index is 11.9. The van der Waals surface area contributed by atoms with E-state index < -0.39 is 0 Å². The second kappa shape index (κ2) is 5.17. The van der Waals surface area contributed by atoms with Crippen LogP contribution < -0.4 is 14.4 Å². The maximum atomic E-state index is 11.9. The zero-order chi connectivity index (χ0) is 14.1. The van der Waals surface area contributed by atoms with E-state index in [0.29, 0.717) is 17.9 Å². The smallest absolute Gasteiger partial charge is 0.230 e. The fraction of sp³-hybridized carbons (Fsp3) is 0.267. The minimum absolute atomic E-state index is 0.135. The molecule has 0 N–H and O–H groups in total. The summed E-state index contributed by atoms with van der Waals surface area (Å²) in [6, 6.07) is 9.77. The zero-order valence-corrected chi connectivity index (χ0v) is 12.1. The van der Waals surface area contributed by atoms with E-state index in [1.807, 2.05) is 34.5 Å². The molecular formula is C15H15NO3S. The van der Waals surface area contributed by atoms with E-state index >= 15 is 0 Å². The van der Waals surface area contributed by atoms with Gasteiger partial charge in [0, 0.05) is 16.6 Å². The molecule has 2 aromatic rings. The Morgan fingerprint density at radius 3 is 2.60 bits per heavy atom. The van der Waals surface area contributed by atoms with Gasteiger partial charge in [0.15, 0.2) is 11.5 Å². The summed E-state index contributed by atoms with van der Waals surface area (Å²) in [5.41, 5.74) is 0.845. The van der Waals surface area contributed by atoms with E-state index in [1.54, 1.807) is 25.6 Å². The highest BCUT2D eigenvalue weighted by Crippen LogP contribution is 2.42. The van der Waals surface area contributed by atoms with E-state index in [-0.39, 0.29) is 11.9 Å². The van der Waals surface area contributed by atoms with Gasteiger partial charge in [-0.3, -0.25) is 4.79 Å². The summed E-state index contributed by atoms with van der Waals surface area (Å²) in [7, 11) is 3.19. The van der Waals surface area contributed by atoms with Crippen molar-refractivity contribution in [3.8, 4) is 11.5 Å². The number of thiophene rings is 1. The summed E-state index contributed by atoms with van der Waals surface area (Å²) >= 11 is 1.68. The Morgan fingerprint density at radius 1 is 1.20 bits per heavy atom. The van der Waals surface area contributed by atoms with Gasteiger partial charge in [-0.25, -0.2) is 0 Å². The van der Waals surface area contributed by atoms with Crippen LogP contribution in [0.2, 0.25) is 0 Å². The van der Waals surface area contributed by atoms with E-state index in [0.717, 1.165) is 5.69 Å². The molecule has 20 heavy (non-hydrogen) atoms. The van der Waals surface area contributed by atoms with Crippen molar-refractivity contribution in [3.63, 3.8) is 0 Å². The number of β-lactam (4-membered cyclic amide) rings is 1. The molecule has 5 heteroatoms. The predicted octanol–water partition coefficient (Wildman–Crippen LogP) is 3.24. The van der Waals surface area contributed by atoms with Gasteiger partial charge in [-0.05, 0) is 23.6 Å². The molecule has 4 nitrogen and oxygen atoms in total. The Bertz CT molecular complexity index is 624. The van der Waals surface area contributed by atoms with Crippen molar-refractivity contribution in [2.75, 3.05) is 19.1 Å². The topological polar surface area (TPSA) is 38.8 Å². The first kappa shape index (κ1) is 13.0. The zero-order valence-electron chi connectivity index (χ0n) is 11.3. The fourth-order valence-corrected chi connectivity index (χ4v) is 3.24. The van der Waals surface area contributed by atoms with Crippen molar-refractivity contribution in [1.82, 2.24) is 0 Å². The van der Waals surface area contributed by atoms with Crippen LogP contribution in [0.25, 0.3) is 0 Å². The summed E-state index contributed by atoms with van der Waals surface area (Å²) in [4.78, 5) is 15.0. The Kier molecular flexibility index (Phi) is 3.36. The van der Waals surface area contributed by atoms with Crippen LogP contribution in [0.5, 0.6) is 11.5 Å². The number of benzene rings is 1. The Morgan fingerprint density at radius 2 is 2.00 bits per heavy atom. The molecule has 0 saturated carbocycles. The van der Waals surface area contributed by atoms with Gasteiger partial charge in [0.1, 0.15) is 0 Å². The highest BCUT2D eigenvalue weighted by Gasteiger charge is 2.39. The number of rotatable bonds is 4. The molecule has 0 radical (unpaired) electrons. The quantitative estimate of drug-likeness (QED) is 0.811. The number of methoxy groups -OCH3 is 2. The first-order valence-corrected chi connectivity index (χ1v) is 7.20. The number of amides is 1. The average molecular weight is 289 g/mol. The third-order valence-corrected chi connectivity index (χ3v) is 4.44. The Labute approximate surface area is 121 Å². The van der Waals surface area contributed by atoms with Crippen LogP contribution in [-0.2, 0) is 4.79 Å². The number of ether oxygens (including phenoxy) is 2. The molecule has 104 valence electrons. The summed E-state index contributed by atoms with van der Waals surface area (Å²) in [6.07, 6.45) is 0.564. The second-order valence-electron chi connectivity index (χ2n) is 4.54. The molecule has 1 saturated heterocycles. The molecule has 0 spiro atoms. The third-order valence-electron chi connectivity index (χ3n) is 3.47.